The molecule has 6 bridgehead atoms. The van der Waals surface area contributed by atoms with Crippen LogP contribution in [0.25, 0.3) is 33.4 Å². The van der Waals surface area contributed by atoms with Crippen molar-refractivity contribution in [1.82, 2.24) is 45.0 Å². The van der Waals surface area contributed by atoms with E-state index in [1.165, 1.54) is 23.1 Å². The molecule has 17 nitrogen and oxygen atoms in total. The molecule has 1 aromatic carbocycles. The van der Waals surface area contributed by atoms with Gasteiger partial charge in [0.2, 0.25) is 5.91 Å². The van der Waals surface area contributed by atoms with Crippen molar-refractivity contribution in [2.45, 2.75) is 104 Å². The van der Waals surface area contributed by atoms with Crippen molar-refractivity contribution in [3.63, 3.8) is 0 Å². The maximum Gasteiger partial charge on any atom is 0.324 e. The highest BCUT2D eigenvalue weighted by molar-refractivity contribution is 5.97. The maximum absolute atomic E-state index is 14.6. The summed E-state index contributed by atoms with van der Waals surface area (Å²) in [7, 11) is 5.04. The van der Waals surface area contributed by atoms with Gasteiger partial charge in [-0.25, -0.2) is 5.43 Å². The van der Waals surface area contributed by atoms with E-state index in [4.69, 9.17) is 19.6 Å². The Morgan fingerprint density at radius 3 is 2.65 bits per heavy atom. The number of ether oxygens (including phenoxy) is 2. The number of hydrogen-bond donors (Lipinski definition) is 2. The van der Waals surface area contributed by atoms with E-state index in [9.17, 15) is 24.1 Å². The van der Waals surface area contributed by atoms with Gasteiger partial charge in [-0.05, 0) is 94.5 Å². The summed E-state index contributed by atoms with van der Waals surface area (Å²) in [4.78, 5) is 76.1. The van der Waals surface area contributed by atoms with Gasteiger partial charge in [0.1, 0.15) is 17.0 Å². The lowest BCUT2D eigenvalue weighted by Crippen LogP contribution is -2.61. The Morgan fingerprint density at radius 2 is 1.94 bits per heavy atom. The molecule has 4 aromatic rings. The van der Waals surface area contributed by atoms with Gasteiger partial charge in [0.25, 0.3) is 17.9 Å². The molecule has 0 spiro atoms. The zero-order chi connectivity index (χ0) is 46.9. The molecule has 17 heteroatoms. The van der Waals surface area contributed by atoms with E-state index in [1.54, 1.807) is 36.7 Å². The molecule has 65 heavy (non-hydrogen) atoms. The number of hydrazine groups is 2. The van der Waals surface area contributed by atoms with E-state index in [1.807, 2.05) is 26.1 Å². The summed E-state index contributed by atoms with van der Waals surface area (Å²) in [6, 6.07) is 9.79. The predicted octanol–water partition coefficient (Wildman–Crippen LogP) is 5.19. The average molecular weight is 892 g/mol. The number of likely N-dealkylation sites (tertiary alicyclic amines) is 1. The number of aromatic nitrogens is 4. The molecule has 2 saturated heterocycles. The van der Waals surface area contributed by atoms with Crippen molar-refractivity contribution in [1.29, 1.82) is 0 Å². The third kappa shape index (κ3) is 9.48. The molecule has 4 atom stereocenters. The van der Waals surface area contributed by atoms with Crippen LogP contribution in [-0.4, -0.2) is 121 Å². The zero-order valence-corrected chi connectivity index (χ0v) is 39.1. The number of likely N-dealkylation sites (N-methyl/N-ethyl adjacent to an activating group) is 1. The number of fused-ring (bicyclic) bond motifs is 6. The Labute approximate surface area is 380 Å². The first-order valence-electron chi connectivity index (χ1n) is 22.5. The van der Waals surface area contributed by atoms with Crippen LogP contribution >= 0.6 is 0 Å². The van der Waals surface area contributed by atoms with E-state index >= 15 is 0 Å². The molecule has 3 amide bonds. The number of cyclic esters (lactones) is 1. The smallest absolute Gasteiger partial charge is 0.324 e. The first-order chi connectivity index (χ1) is 31.0. The predicted molar refractivity (Wildman–Crippen MR) is 245 cm³/mol. The molecule has 0 saturated carbocycles. The molecular formula is C48H63N10O7+. The lowest BCUT2D eigenvalue weighted by Gasteiger charge is -2.35. The Hall–Kier alpha value is -6.20. The fourth-order valence-corrected chi connectivity index (χ4v) is 9.48. The number of methoxy groups -OCH3 is 1. The number of nitrogens with one attached hydrogen (secondary N) is 2. The summed E-state index contributed by atoms with van der Waals surface area (Å²) in [6.45, 7) is 16.9. The SMILES string of the molecule is C=CC(=O)N1CC[C@H]([N+](=O)N(C)C(C(=O)N[C@H]2Cc3cc(n(C)n3)-c3ccc4c(c3)c(c(-c3cccnc3[C@H](C)OC)n4CC)CC(C)(C)COC(=O)[C@@H]3CCCN(N3)C2=O)=C(C)C)C1. The molecule has 6 heterocycles. The van der Waals surface area contributed by atoms with Gasteiger partial charge in [-0.3, -0.25) is 33.9 Å². The van der Waals surface area contributed by atoms with Crippen molar-refractivity contribution in [2.24, 2.45) is 12.5 Å². The number of carbonyl (C=O) groups is 4. The van der Waals surface area contributed by atoms with Crippen LogP contribution in [-0.2, 0) is 55.1 Å². The fourth-order valence-electron chi connectivity index (χ4n) is 9.48. The summed E-state index contributed by atoms with van der Waals surface area (Å²) in [5.74, 6) is -1.84. The van der Waals surface area contributed by atoms with Gasteiger partial charge in [0.15, 0.2) is 5.70 Å². The van der Waals surface area contributed by atoms with Crippen LogP contribution in [0.1, 0.15) is 83.9 Å². The van der Waals surface area contributed by atoms with Crippen molar-refractivity contribution >= 4 is 34.6 Å². The third-order valence-corrected chi connectivity index (χ3v) is 12.8. The van der Waals surface area contributed by atoms with Gasteiger partial charge in [0.05, 0.1) is 54.0 Å². The fraction of sp³-hybridized carbons (Fsp3) is 0.500. The number of benzene rings is 1. The van der Waals surface area contributed by atoms with Crippen LogP contribution in [0.2, 0.25) is 0 Å². The highest BCUT2D eigenvalue weighted by Gasteiger charge is 2.42. The summed E-state index contributed by atoms with van der Waals surface area (Å²) < 4.78 is 16.0. The summed E-state index contributed by atoms with van der Waals surface area (Å²) in [6.07, 6.45) is 4.69. The van der Waals surface area contributed by atoms with Gasteiger partial charge in [-0.2, -0.15) is 5.10 Å². The second kappa shape index (κ2) is 19.1. The monoisotopic (exact) mass is 891 g/mol. The van der Waals surface area contributed by atoms with E-state index in [2.05, 4.69) is 66.9 Å². The molecule has 3 aliphatic rings. The lowest BCUT2D eigenvalue weighted by molar-refractivity contribution is -0.716. The molecule has 0 radical (unpaired) electrons. The largest absolute Gasteiger partial charge is 0.464 e. The molecule has 2 fully saturated rings. The second-order valence-electron chi connectivity index (χ2n) is 18.4. The number of rotatable bonds is 10. The highest BCUT2D eigenvalue weighted by Crippen LogP contribution is 2.42. The molecular weight excluding hydrogens is 829 g/mol. The molecule has 2 N–H and O–H groups in total. The summed E-state index contributed by atoms with van der Waals surface area (Å²) in [5, 5.41) is 11.5. The standard InChI is InChI=1S/C48H62N10O7/c1-11-41(59)55-22-19-33(27-55)58(63)54(9)43(29(3)4)45(60)50-38-24-32-25-40(53(8)51-32)31-17-18-39-35(23-31)36(44(56(39)12-2)34-15-13-20-49-42(34)30(5)64-10)26-48(6,7)28-65-47(62)37-16-14-21-57(52-37)46(38)61/h11,13,15,17-18,20,23,25,30,33,37-38,52H,1,12,14,16,19,21-22,24,26-28H2,2-10H3/p+1/t30-,33-,37-,38-/m0/s1. The van der Waals surface area contributed by atoms with E-state index < -0.39 is 41.3 Å². The summed E-state index contributed by atoms with van der Waals surface area (Å²) in [5.41, 5.74) is 10.4. The Kier molecular flexibility index (Phi) is 13.7. The van der Waals surface area contributed by atoms with Crippen LogP contribution in [0.3, 0.4) is 0 Å². The lowest BCUT2D eigenvalue weighted by atomic mass is 9.84. The van der Waals surface area contributed by atoms with Crippen LogP contribution in [0.15, 0.2) is 66.5 Å². The number of nitrogens with zero attached hydrogens (tertiary/aromatic N) is 8. The van der Waals surface area contributed by atoms with Gasteiger partial charge < -0.3 is 24.3 Å². The van der Waals surface area contributed by atoms with Crippen molar-refractivity contribution in [2.75, 3.05) is 40.4 Å². The number of hydrogen-bond acceptors (Lipinski definition) is 10. The number of allylic oxidation sites excluding steroid dienone is 1. The molecule has 3 aliphatic heterocycles. The van der Waals surface area contributed by atoms with Crippen LogP contribution in [0, 0.1) is 10.3 Å². The molecule has 0 aliphatic carbocycles. The van der Waals surface area contributed by atoms with E-state index in [0.717, 1.165) is 44.7 Å². The molecule has 7 rings (SSSR count). The molecule has 3 aromatic heterocycles. The number of carbonyl (C=O) groups excluding carboxylic acids is 4. The molecule has 0 unspecified atom stereocenters. The Morgan fingerprint density at radius 1 is 1.17 bits per heavy atom. The zero-order valence-electron chi connectivity index (χ0n) is 39.1. The second-order valence-corrected chi connectivity index (χ2v) is 18.4. The third-order valence-electron chi connectivity index (χ3n) is 12.8. The Balaban J connectivity index is 1.30. The highest BCUT2D eigenvalue weighted by atomic mass is 16.5. The van der Waals surface area contributed by atoms with Gasteiger partial charge in [-0.1, -0.05) is 26.5 Å². The van der Waals surface area contributed by atoms with Gasteiger partial charge >= 0.3 is 5.97 Å². The van der Waals surface area contributed by atoms with Crippen molar-refractivity contribution < 1.29 is 33.5 Å². The quantitative estimate of drug-likeness (QED) is 0.0929. The normalized spacial score (nSPS) is 20.5. The minimum absolute atomic E-state index is 0.00726. The van der Waals surface area contributed by atoms with Crippen molar-refractivity contribution in [3.8, 4) is 22.5 Å². The van der Waals surface area contributed by atoms with Crippen LogP contribution < -0.4 is 10.7 Å². The number of pyridine rings is 1. The van der Waals surface area contributed by atoms with Crippen LogP contribution in [0.5, 0.6) is 0 Å². The topological polar surface area (TPSA) is 176 Å². The Bertz CT molecular complexity index is 2550. The number of amides is 3. The summed E-state index contributed by atoms with van der Waals surface area (Å²) >= 11 is 0. The number of nitroso groups, excluding NO2 is 1. The van der Waals surface area contributed by atoms with E-state index in [0.29, 0.717) is 54.9 Å². The van der Waals surface area contributed by atoms with Crippen molar-refractivity contribution in [3.05, 3.63) is 88.4 Å². The minimum Gasteiger partial charge on any atom is -0.464 e. The van der Waals surface area contributed by atoms with Crippen LogP contribution in [0.4, 0.5) is 0 Å². The average Bonchev–Trinajstić information content (AvgIpc) is 4.02. The maximum atomic E-state index is 14.6. The first kappa shape index (κ1) is 46.8. The number of esters is 1. The van der Waals surface area contributed by atoms with E-state index in [-0.39, 0.29) is 43.8 Å². The minimum atomic E-state index is -1.15. The molecule has 346 valence electrons. The number of aryl methyl sites for hydroxylation is 2. The van der Waals surface area contributed by atoms with Gasteiger partial charge in [0, 0.05) is 80.3 Å². The first-order valence-corrected chi connectivity index (χ1v) is 22.5. The van der Waals surface area contributed by atoms with Gasteiger partial charge in [-0.15, -0.1) is 5.01 Å².